The van der Waals surface area contributed by atoms with Crippen molar-refractivity contribution in [1.29, 1.82) is 0 Å². The van der Waals surface area contributed by atoms with Gasteiger partial charge in [0, 0.05) is 6.42 Å². The van der Waals surface area contributed by atoms with Gasteiger partial charge in [-0.15, -0.1) is 0 Å². The first-order valence-corrected chi connectivity index (χ1v) is 6.34. The van der Waals surface area contributed by atoms with Crippen molar-refractivity contribution in [3.63, 3.8) is 0 Å². The van der Waals surface area contributed by atoms with E-state index in [9.17, 15) is 0 Å². The van der Waals surface area contributed by atoms with Crippen LogP contribution in [-0.2, 0) is 4.74 Å². The van der Waals surface area contributed by atoms with Crippen molar-refractivity contribution < 1.29 is 4.74 Å². The van der Waals surface area contributed by atoms with E-state index in [1.165, 1.54) is 25.7 Å². The molecule has 0 aliphatic rings. The van der Waals surface area contributed by atoms with E-state index in [1.807, 2.05) is 6.92 Å². The molecule has 0 aromatic carbocycles. The molecule has 0 aliphatic carbocycles. The summed E-state index contributed by atoms with van der Waals surface area (Å²) in [6.07, 6.45) is 8.71. The molecule has 0 spiro atoms. The van der Waals surface area contributed by atoms with Crippen molar-refractivity contribution in [2.24, 2.45) is 0 Å². The maximum atomic E-state index is 5.66. The van der Waals surface area contributed by atoms with Crippen LogP contribution in [0.25, 0.3) is 0 Å². The molecule has 0 rings (SSSR count). The Labute approximate surface area is 94.2 Å². The summed E-state index contributed by atoms with van der Waals surface area (Å²) >= 11 is 5.08. The second-order valence-electron chi connectivity index (χ2n) is 3.72. The van der Waals surface area contributed by atoms with Gasteiger partial charge in [-0.2, -0.15) is 0 Å². The molecule has 0 radical (unpaired) electrons. The third-order valence-electron chi connectivity index (χ3n) is 2.42. The zero-order chi connectivity index (χ0) is 10.8. The third-order valence-corrected chi connectivity index (χ3v) is 2.81. The smallest absolute Gasteiger partial charge is 0.159 e. The van der Waals surface area contributed by atoms with Crippen LogP contribution in [0, 0.1) is 0 Å². The number of rotatable bonds is 8. The lowest BCUT2D eigenvalue weighted by atomic mass is 10.1. The molecule has 84 valence electrons. The Bertz CT molecular complexity index is 145. The average molecular weight is 216 g/mol. The van der Waals surface area contributed by atoms with Gasteiger partial charge >= 0.3 is 0 Å². The van der Waals surface area contributed by atoms with Gasteiger partial charge in [-0.05, 0) is 31.5 Å². The molecule has 14 heavy (non-hydrogen) atoms. The molecule has 0 aliphatic heterocycles. The lowest BCUT2D eigenvalue weighted by Crippen LogP contribution is -2.15. The summed E-state index contributed by atoms with van der Waals surface area (Å²) in [4.78, 5) is 0. The Balaban J connectivity index is 3.52. The van der Waals surface area contributed by atoms with Crippen LogP contribution in [0.4, 0.5) is 0 Å². The Kier molecular flexibility index (Phi) is 9.37. The van der Waals surface area contributed by atoms with Gasteiger partial charge in [-0.1, -0.05) is 40.0 Å². The molecular formula is C12H24OS. The van der Waals surface area contributed by atoms with E-state index < -0.39 is 0 Å². The minimum Gasteiger partial charge on any atom is -0.484 e. The molecule has 0 saturated carbocycles. The van der Waals surface area contributed by atoms with E-state index in [4.69, 9.17) is 17.0 Å². The lowest BCUT2D eigenvalue weighted by Gasteiger charge is -2.17. The third kappa shape index (κ3) is 7.31. The normalized spacial score (nSPS) is 12.5. The molecule has 0 fully saturated rings. The van der Waals surface area contributed by atoms with Crippen molar-refractivity contribution in [2.45, 2.75) is 71.8 Å². The first-order chi connectivity index (χ1) is 6.74. The highest BCUT2D eigenvalue weighted by Crippen LogP contribution is 2.12. The number of thiocarbonyl (C=S) groups is 1. The van der Waals surface area contributed by atoms with E-state index in [0.29, 0.717) is 6.10 Å². The van der Waals surface area contributed by atoms with E-state index in [-0.39, 0.29) is 0 Å². The first-order valence-electron chi connectivity index (χ1n) is 5.94. The van der Waals surface area contributed by atoms with Gasteiger partial charge in [-0.3, -0.25) is 0 Å². The largest absolute Gasteiger partial charge is 0.484 e. The first kappa shape index (κ1) is 13.9. The fraction of sp³-hybridized carbons (Fsp3) is 0.917. The maximum absolute atomic E-state index is 5.66. The molecule has 0 aromatic rings. The summed E-state index contributed by atoms with van der Waals surface area (Å²) in [5.74, 6) is 0. The van der Waals surface area contributed by atoms with Crippen molar-refractivity contribution in [3.8, 4) is 0 Å². The molecule has 0 aromatic heterocycles. The minimum atomic E-state index is 0.360. The zero-order valence-corrected chi connectivity index (χ0v) is 10.7. The van der Waals surface area contributed by atoms with Crippen LogP contribution in [0.1, 0.15) is 65.7 Å². The fourth-order valence-electron chi connectivity index (χ4n) is 1.41. The van der Waals surface area contributed by atoms with Crippen LogP contribution in [0.15, 0.2) is 0 Å². The van der Waals surface area contributed by atoms with Crippen LogP contribution in [0.2, 0.25) is 0 Å². The number of hydrogen-bond donors (Lipinski definition) is 0. The molecule has 0 saturated heterocycles. The predicted molar refractivity (Wildman–Crippen MR) is 66.8 cm³/mol. The Morgan fingerprint density at radius 3 is 2.36 bits per heavy atom. The van der Waals surface area contributed by atoms with Crippen LogP contribution in [-0.4, -0.2) is 11.2 Å². The Morgan fingerprint density at radius 2 is 1.86 bits per heavy atom. The van der Waals surface area contributed by atoms with Gasteiger partial charge in [0.15, 0.2) is 5.05 Å². The lowest BCUT2D eigenvalue weighted by molar-refractivity contribution is 0.171. The molecule has 1 unspecified atom stereocenters. The molecule has 1 nitrogen and oxygen atoms in total. The summed E-state index contributed by atoms with van der Waals surface area (Å²) in [7, 11) is 0. The second kappa shape index (κ2) is 9.45. The molecule has 0 amide bonds. The zero-order valence-electron chi connectivity index (χ0n) is 9.84. The second-order valence-corrected chi connectivity index (χ2v) is 4.18. The molecule has 0 heterocycles. The van der Waals surface area contributed by atoms with Gasteiger partial charge in [0.1, 0.15) is 0 Å². The maximum Gasteiger partial charge on any atom is 0.159 e. The Hall–Kier alpha value is -0.110. The SMILES string of the molecule is CCCCCCC(CC)OC(=S)CC. The van der Waals surface area contributed by atoms with Crippen LogP contribution >= 0.6 is 12.2 Å². The summed E-state index contributed by atoms with van der Waals surface area (Å²) in [6, 6.07) is 0. The molecular weight excluding hydrogens is 192 g/mol. The predicted octanol–water partition coefficient (Wildman–Crippen LogP) is 4.49. The number of ether oxygens (including phenoxy) is 1. The standard InChI is InChI=1S/C12H24OS/c1-4-7-8-9-10-11(5-2)13-12(14)6-3/h11H,4-10H2,1-3H3. The van der Waals surface area contributed by atoms with Gasteiger partial charge in [0.05, 0.1) is 6.10 Å². The van der Waals surface area contributed by atoms with E-state index >= 15 is 0 Å². The summed E-state index contributed by atoms with van der Waals surface area (Å²) in [5.41, 5.74) is 0. The van der Waals surface area contributed by atoms with Crippen LogP contribution < -0.4 is 0 Å². The molecule has 0 N–H and O–H groups in total. The summed E-state index contributed by atoms with van der Waals surface area (Å²) in [6.45, 7) is 6.45. The van der Waals surface area contributed by atoms with E-state index in [0.717, 1.165) is 24.3 Å². The van der Waals surface area contributed by atoms with E-state index in [1.54, 1.807) is 0 Å². The number of hydrogen-bond acceptors (Lipinski definition) is 2. The summed E-state index contributed by atoms with van der Waals surface area (Å²) in [5, 5.41) is 0.771. The summed E-state index contributed by atoms with van der Waals surface area (Å²) < 4.78 is 5.66. The number of unbranched alkanes of at least 4 members (excludes halogenated alkanes) is 3. The molecule has 2 heteroatoms. The van der Waals surface area contributed by atoms with Crippen molar-refractivity contribution in [1.82, 2.24) is 0 Å². The molecule has 0 bridgehead atoms. The van der Waals surface area contributed by atoms with Gasteiger partial charge in [-0.25, -0.2) is 0 Å². The van der Waals surface area contributed by atoms with Gasteiger partial charge < -0.3 is 4.74 Å². The highest BCUT2D eigenvalue weighted by Gasteiger charge is 2.07. The quantitative estimate of drug-likeness (QED) is 0.437. The topological polar surface area (TPSA) is 9.23 Å². The monoisotopic (exact) mass is 216 g/mol. The average Bonchev–Trinajstić information content (AvgIpc) is 2.22. The minimum absolute atomic E-state index is 0.360. The van der Waals surface area contributed by atoms with Crippen LogP contribution in [0.5, 0.6) is 0 Å². The van der Waals surface area contributed by atoms with Crippen molar-refractivity contribution in [2.75, 3.05) is 0 Å². The van der Waals surface area contributed by atoms with Gasteiger partial charge in [0.2, 0.25) is 0 Å². The fourth-order valence-corrected chi connectivity index (χ4v) is 1.55. The van der Waals surface area contributed by atoms with Crippen molar-refractivity contribution in [3.05, 3.63) is 0 Å². The molecule has 1 atom stereocenters. The highest BCUT2D eigenvalue weighted by atomic mass is 32.1. The van der Waals surface area contributed by atoms with Gasteiger partial charge in [0.25, 0.3) is 0 Å². The highest BCUT2D eigenvalue weighted by molar-refractivity contribution is 7.80. The Morgan fingerprint density at radius 1 is 1.14 bits per heavy atom. The van der Waals surface area contributed by atoms with Crippen LogP contribution in [0.3, 0.4) is 0 Å². The van der Waals surface area contributed by atoms with E-state index in [2.05, 4.69) is 13.8 Å². The van der Waals surface area contributed by atoms with Crippen molar-refractivity contribution >= 4 is 17.3 Å².